The Labute approximate surface area is 180 Å². The highest BCUT2D eigenvalue weighted by Gasteiger charge is 2.71. The number of hydrazine groups is 1. The van der Waals surface area contributed by atoms with Gasteiger partial charge in [0.05, 0.1) is 5.92 Å². The number of Topliss-reactive ketones (excluding diaryl/α,β-unsaturated/α-hetero) is 2. The van der Waals surface area contributed by atoms with E-state index in [4.69, 9.17) is 10.6 Å². The lowest BCUT2D eigenvalue weighted by atomic mass is 9.71. The van der Waals surface area contributed by atoms with Gasteiger partial charge in [0.2, 0.25) is 23.3 Å². The largest absolute Gasteiger partial charge is 0.481 e. The summed E-state index contributed by atoms with van der Waals surface area (Å²) in [6.07, 6.45) is 4.33. The fraction of sp³-hybridized carbons (Fsp3) is 0.750. The molecule has 0 aromatic heterocycles. The molecule has 2 aliphatic heterocycles. The van der Waals surface area contributed by atoms with Gasteiger partial charge in [-0.3, -0.25) is 24.0 Å². The lowest BCUT2D eigenvalue weighted by Crippen LogP contribution is -2.78. The Hall–Kier alpha value is -2.37. The number of rotatable bonds is 7. The second-order valence-electron chi connectivity index (χ2n) is 8.48. The van der Waals surface area contributed by atoms with Crippen LogP contribution in [0.15, 0.2) is 0 Å². The average molecular weight is 438 g/mol. The number of nitrogens with one attached hydrogen (secondary N) is 1. The normalized spacial score (nSPS) is 29.4. The monoisotopic (exact) mass is 438 g/mol. The van der Waals surface area contributed by atoms with Crippen LogP contribution in [-0.2, 0) is 28.7 Å². The zero-order valence-corrected chi connectivity index (χ0v) is 17.7. The summed E-state index contributed by atoms with van der Waals surface area (Å²) in [4.78, 5) is 62.7. The molecule has 172 valence electrons. The fourth-order valence-electron chi connectivity index (χ4n) is 4.80. The molecular formula is C20H30N4O7. The summed E-state index contributed by atoms with van der Waals surface area (Å²) in [5.74, 6) is -0.840. The molecule has 0 aromatic carbocycles. The van der Waals surface area contributed by atoms with Crippen molar-refractivity contribution in [3.8, 4) is 0 Å². The number of aliphatic carboxylic acids is 1. The second-order valence-corrected chi connectivity index (χ2v) is 8.48. The lowest BCUT2D eigenvalue weighted by molar-refractivity contribution is -0.219. The van der Waals surface area contributed by atoms with E-state index in [1.807, 2.05) is 0 Å². The highest BCUT2D eigenvalue weighted by atomic mass is 16.5. The molecule has 1 unspecified atom stereocenters. The lowest BCUT2D eigenvalue weighted by Gasteiger charge is -2.48. The molecular weight excluding hydrogens is 408 g/mol. The van der Waals surface area contributed by atoms with Gasteiger partial charge in [-0.15, -0.1) is 0 Å². The number of methoxy groups -OCH3 is 1. The third-order valence-corrected chi connectivity index (χ3v) is 6.70. The number of nitrogens with two attached hydrogens (primary N) is 1. The maximum Gasteiger partial charge on any atom is 0.320 e. The van der Waals surface area contributed by atoms with Crippen LogP contribution >= 0.6 is 0 Å². The molecule has 2 saturated heterocycles. The molecule has 4 N–H and O–H groups in total. The summed E-state index contributed by atoms with van der Waals surface area (Å²) >= 11 is 0. The Morgan fingerprint density at radius 1 is 1.26 bits per heavy atom. The molecule has 3 aliphatic rings. The van der Waals surface area contributed by atoms with Crippen LogP contribution < -0.4 is 11.2 Å². The molecule has 2 heterocycles. The number of ether oxygens (including phenoxy) is 1. The average Bonchev–Trinajstić information content (AvgIpc) is 2.79. The van der Waals surface area contributed by atoms with E-state index in [0.29, 0.717) is 36.7 Å². The van der Waals surface area contributed by atoms with E-state index in [1.165, 1.54) is 0 Å². The first kappa shape index (κ1) is 23.3. The highest BCUT2D eigenvalue weighted by Crippen LogP contribution is 2.38. The summed E-state index contributed by atoms with van der Waals surface area (Å²) in [5.41, 5.74) is -2.35. The van der Waals surface area contributed by atoms with Gasteiger partial charge in [-0.2, -0.15) is 0 Å². The van der Waals surface area contributed by atoms with Crippen molar-refractivity contribution in [2.45, 2.75) is 44.2 Å². The molecule has 3 fully saturated rings. The van der Waals surface area contributed by atoms with Gasteiger partial charge in [-0.25, -0.2) is 10.9 Å². The summed E-state index contributed by atoms with van der Waals surface area (Å²) in [6, 6.07) is 0. The number of carbonyl (C=O) groups excluding carboxylic acids is 4. The highest BCUT2D eigenvalue weighted by molar-refractivity contribution is 6.52. The number of piperidine rings is 2. The van der Waals surface area contributed by atoms with Crippen molar-refractivity contribution in [2.75, 3.05) is 33.3 Å². The molecule has 1 aliphatic carbocycles. The third kappa shape index (κ3) is 4.21. The van der Waals surface area contributed by atoms with E-state index in [1.54, 1.807) is 4.90 Å². The van der Waals surface area contributed by atoms with Crippen molar-refractivity contribution >= 4 is 29.4 Å². The number of carboxylic acids is 1. The minimum Gasteiger partial charge on any atom is -0.481 e. The van der Waals surface area contributed by atoms with E-state index in [-0.39, 0.29) is 12.5 Å². The van der Waals surface area contributed by atoms with Gasteiger partial charge in [0, 0.05) is 26.6 Å². The SMILES string of the molecule is CO[C@]1(N(N)C(=O)[C@@H]2CCCN(C(=O)CCC3CCNCC3)C2)C(=O)C(=O)C1C(=O)O. The molecule has 3 rings (SSSR count). The van der Waals surface area contributed by atoms with Gasteiger partial charge in [0.25, 0.3) is 5.78 Å². The summed E-state index contributed by atoms with van der Waals surface area (Å²) in [5, 5.41) is 13.1. The van der Waals surface area contributed by atoms with E-state index in [9.17, 15) is 29.1 Å². The Kier molecular flexibility index (Phi) is 7.07. The predicted octanol–water partition coefficient (Wildman–Crippen LogP) is -1.10. The number of ketones is 2. The van der Waals surface area contributed by atoms with Crippen LogP contribution in [0.4, 0.5) is 0 Å². The smallest absolute Gasteiger partial charge is 0.320 e. The standard InChI is InChI=1S/C20H30N4O7/c1-31-20(15(19(29)30)16(26)17(20)27)24(21)18(28)13-3-2-10-23(11-13)14(25)5-4-12-6-8-22-9-7-12/h12-13,15,22H,2-11,21H2,1H3,(H,29,30)/t13-,15?,20+/m1/s1. The maximum atomic E-state index is 13.0. The number of carbonyl (C=O) groups is 5. The van der Waals surface area contributed by atoms with Gasteiger partial charge in [0.15, 0.2) is 5.92 Å². The Morgan fingerprint density at radius 2 is 1.94 bits per heavy atom. The van der Waals surface area contributed by atoms with Gasteiger partial charge < -0.3 is 20.1 Å². The van der Waals surface area contributed by atoms with Crippen molar-refractivity contribution in [3.63, 3.8) is 0 Å². The van der Waals surface area contributed by atoms with Gasteiger partial charge in [-0.05, 0) is 51.1 Å². The first-order chi connectivity index (χ1) is 14.7. The molecule has 0 spiro atoms. The second kappa shape index (κ2) is 9.41. The van der Waals surface area contributed by atoms with Crippen LogP contribution in [0, 0.1) is 17.8 Å². The minimum absolute atomic E-state index is 0.0284. The molecule has 0 bridgehead atoms. The van der Waals surface area contributed by atoms with Crippen LogP contribution in [0.2, 0.25) is 0 Å². The first-order valence-electron chi connectivity index (χ1n) is 10.7. The van der Waals surface area contributed by atoms with Crippen LogP contribution in [0.25, 0.3) is 0 Å². The van der Waals surface area contributed by atoms with Crippen molar-refractivity contribution < 1.29 is 33.8 Å². The Bertz CT molecular complexity index is 767. The summed E-state index contributed by atoms with van der Waals surface area (Å²) in [7, 11) is 1.03. The molecule has 2 amide bonds. The van der Waals surface area contributed by atoms with Crippen LogP contribution in [0.5, 0.6) is 0 Å². The molecule has 3 atom stereocenters. The van der Waals surface area contributed by atoms with Crippen LogP contribution in [0.3, 0.4) is 0 Å². The Morgan fingerprint density at radius 3 is 2.55 bits per heavy atom. The van der Waals surface area contributed by atoms with Gasteiger partial charge in [-0.1, -0.05) is 0 Å². The zero-order chi connectivity index (χ0) is 22.8. The zero-order valence-electron chi connectivity index (χ0n) is 17.7. The van der Waals surface area contributed by atoms with Crippen LogP contribution in [-0.4, -0.2) is 83.4 Å². The van der Waals surface area contributed by atoms with Crippen molar-refractivity contribution in [1.29, 1.82) is 0 Å². The molecule has 11 heteroatoms. The quantitative estimate of drug-likeness (QED) is 0.112. The van der Waals surface area contributed by atoms with Crippen molar-refractivity contribution in [1.82, 2.24) is 15.2 Å². The molecule has 0 aromatic rings. The van der Waals surface area contributed by atoms with Crippen molar-refractivity contribution in [2.24, 2.45) is 23.6 Å². The number of carboxylic acid groups (broad SMARTS) is 1. The molecule has 0 radical (unpaired) electrons. The molecule has 11 nitrogen and oxygen atoms in total. The maximum absolute atomic E-state index is 13.0. The van der Waals surface area contributed by atoms with E-state index < -0.39 is 41.0 Å². The fourth-order valence-corrected chi connectivity index (χ4v) is 4.80. The van der Waals surface area contributed by atoms with E-state index >= 15 is 0 Å². The number of likely N-dealkylation sites (tertiary alicyclic amines) is 1. The molecule has 1 saturated carbocycles. The van der Waals surface area contributed by atoms with Gasteiger partial charge in [0.1, 0.15) is 0 Å². The number of amides is 2. The molecule has 31 heavy (non-hydrogen) atoms. The van der Waals surface area contributed by atoms with E-state index in [0.717, 1.165) is 39.5 Å². The Balaban J connectivity index is 1.63. The van der Waals surface area contributed by atoms with Crippen molar-refractivity contribution in [3.05, 3.63) is 0 Å². The third-order valence-electron chi connectivity index (χ3n) is 6.70. The number of hydrogen-bond donors (Lipinski definition) is 3. The minimum atomic E-state index is -2.35. The summed E-state index contributed by atoms with van der Waals surface area (Å²) in [6.45, 7) is 2.60. The predicted molar refractivity (Wildman–Crippen MR) is 106 cm³/mol. The van der Waals surface area contributed by atoms with Crippen LogP contribution in [0.1, 0.15) is 38.5 Å². The number of hydrogen-bond acceptors (Lipinski definition) is 8. The topological polar surface area (TPSA) is 159 Å². The number of nitrogens with zero attached hydrogens (tertiary/aromatic N) is 2. The first-order valence-corrected chi connectivity index (χ1v) is 10.7. The van der Waals surface area contributed by atoms with E-state index in [2.05, 4.69) is 5.32 Å². The van der Waals surface area contributed by atoms with Gasteiger partial charge >= 0.3 is 5.97 Å². The summed E-state index contributed by atoms with van der Waals surface area (Å²) < 4.78 is 5.03.